The minimum absolute atomic E-state index is 0.120. The lowest BCUT2D eigenvalue weighted by Gasteiger charge is -2.20. The fraction of sp³-hybridized carbons (Fsp3) is 0.533. The van der Waals surface area contributed by atoms with Crippen LogP contribution in [0.25, 0.3) is 0 Å². The van der Waals surface area contributed by atoms with Crippen molar-refractivity contribution in [3.05, 3.63) is 34.3 Å². The maximum absolute atomic E-state index is 12.1. The van der Waals surface area contributed by atoms with Gasteiger partial charge in [0.1, 0.15) is 6.10 Å². The van der Waals surface area contributed by atoms with Gasteiger partial charge in [0.05, 0.1) is 13.2 Å². The second kappa shape index (κ2) is 10.7. The highest BCUT2D eigenvalue weighted by molar-refractivity contribution is 9.10. The van der Waals surface area contributed by atoms with E-state index in [1.54, 1.807) is 5.32 Å². The highest BCUT2D eigenvalue weighted by Gasteiger charge is 2.38. The van der Waals surface area contributed by atoms with Gasteiger partial charge in [-0.05, 0) is 18.1 Å². The van der Waals surface area contributed by atoms with Gasteiger partial charge < -0.3 is 20.5 Å². The van der Waals surface area contributed by atoms with Gasteiger partial charge in [0, 0.05) is 24.2 Å². The van der Waals surface area contributed by atoms with Gasteiger partial charge in [0.25, 0.3) is 0 Å². The number of hydrogen-bond acceptors (Lipinski definition) is 4. The zero-order chi connectivity index (χ0) is 18.0. The Balaban J connectivity index is 2.45. The second-order valence-corrected chi connectivity index (χ2v) is 5.71. The van der Waals surface area contributed by atoms with Crippen LogP contribution in [0.1, 0.15) is 18.1 Å². The van der Waals surface area contributed by atoms with Crippen molar-refractivity contribution in [2.24, 2.45) is 5.73 Å². The number of halogens is 4. The summed E-state index contributed by atoms with van der Waals surface area (Å²) in [6.45, 7) is 1.09. The maximum Gasteiger partial charge on any atom is 0.471 e. The lowest BCUT2D eigenvalue weighted by molar-refractivity contribution is -0.173. The number of alkyl halides is 3. The summed E-state index contributed by atoms with van der Waals surface area (Å²) in [6.07, 6.45) is -5.00. The second-order valence-electron chi connectivity index (χ2n) is 4.85. The Bertz CT molecular complexity index is 515. The first-order chi connectivity index (χ1) is 11.4. The van der Waals surface area contributed by atoms with Crippen LogP contribution in [0.5, 0.6) is 0 Å². The summed E-state index contributed by atoms with van der Waals surface area (Å²) >= 11 is 3.43. The number of carbonyl (C=O) groups excluding carboxylic acids is 1. The lowest BCUT2D eigenvalue weighted by atomic mass is 10.1. The summed E-state index contributed by atoms with van der Waals surface area (Å²) < 4.78 is 48.1. The average Bonchev–Trinajstić information content (AvgIpc) is 2.52. The highest BCUT2D eigenvalue weighted by atomic mass is 79.9. The van der Waals surface area contributed by atoms with Crippen LogP contribution in [-0.4, -0.2) is 45.0 Å². The van der Waals surface area contributed by atoms with Crippen LogP contribution in [-0.2, 0) is 14.3 Å². The third kappa shape index (κ3) is 7.61. The molecule has 3 N–H and O–H groups in total. The molecule has 1 unspecified atom stereocenters. The molecule has 136 valence electrons. The van der Waals surface area contributed by atoms with E-state index in [0.717, 1.165) is 10.0 Å². The lowest BCUT2D eigenvalue weighted by Crippen LogP contribution is -2.37. The fourth-order valence-electron chi connectivity index (χ4n) is 1.84. The summed E-state index contributed by atoms with van der Waals surface area (Å²) in [7, 11) is 0. The van der Waals surface area contributed by atoms with Gasteiger partial charge in [-0.25, -0.2) is 0 Å². The molecule has 0 heterocycles. The molecule has 0 spiro atoms. The van der Waals surface area contributed by atoms with E-state index in [2.05, 4.69) is 15.9 Å². The van der Waals surface area contributed by atoms with E-state index in [4.69, 9.17) is 15.2 Å². The van der Waals surface area contributed by atoms with E-state index in [0.29, 0.717) is 13.2 Å². The number of amides is 1. The molecule has 0 aliphatic heterocycles. The molecule has 5 nitrogen and oxygen atoms in total. The number of benzene rings is 1. The highest BCUT2D eigenvalue weighted by Crippen LogP contribution is 2.26. The maximum atomic E-state index is 12.1. The van der Waals surface area contributed by atoms with E-state index >= 15 is 0 Å². The molecule has 9 heteroatoms. The zero-order valence-corrected chi connectivity index (χ0v) is 14.5. The predicted molar refractivity (Wildman–Crippen MR) is 86.4 cm³/mol. The molecular formula is C15H20BrF3N2O3. The number of nitrogens with one attached hydrogen (secondary N) is 1. The van der Waals surface area contributed by atoms with Crippen LogP contribution in [0, 0.1) is 0 Å². The van der Waals surface area contributed by atoms with Gasteiger partial charge in [-0.1, -0.05) is 34.1 Å². The smallest absolute Gasteiger partial charge is 0.377 e. The topological polar surface area (TPSA) is 73.6 Å². The molecule has 1 aromatic carbocycles. The van der Waals surface area contributed by atoms with Gasteiger partial charge in [0.2, 0.25) is 0 Å². The third-order valence-electron chi connectivity index (χ3n) is 2.97. The Kier molecular flexibility index (Phi) is 9.27. The molecule has 0 aliphatic carbocycles. The molecule has 0 radical (unpaired) electrons. The molecule has 0 aromatic heterocycles. The Morgan fingerprint density at radius 2 is 2.00 bits per heavy atom. The van der Waals surface area contributed by atoms with Crippen LogP contribution in [0.3, 0.4) is 0 Å². The van der Waals surface area contributed by atoms with Gasteiger partial charge in [-0.3, -0.25) is 4.79 Å². The van der Waals surface area contributed by atoms with Crippen LogP contribution < -0.4 is 11.1 Å². The van der Waals surface area contributed by atoms with Gasteiger partial charge in [-0.15, -0.1) is 0 Å². The number of rotatable bonds is 10. The molecule has 1 atom stereocenters. The van der Waals surface area contributed by atoms with Gasteiger partial charge >= 0.3 is 12.1 Å². The zero-order valence-electron chi connectivity index (χ0n) is 12.9. The largest absolute Gasteiger partial charge is 0.471 e. The van der Waals surface area contributed by atoms with Crippen molar-refractivity contribution in [2.75, 3.05) is 32.9 Å². The summed E-state index contributed by atoms with van der Waals surface area (Å²) in [5, 5.41) is 1.80. The van der Waals surface area contributed by atoms with Gasteiger partial charge in [0.15, 0.2) is 0 Å². The summed E-state index contributed by atoms with van der Waals surface area (Å²) in [6, 6.07) is 7.44. The van der Waals surface area contributed by atoms with E-state index < -0.39 is 12.1 Å². The van der Waals surface area contributed by atoms with Gasteiger partial charge in [-0.2, -0.15) is 13.2 Å². The Labute approximate surface area is 146 Å². The van der Waals surface area contributed by atoms with Crippen molar-refractivity contribution < 1.29 is 27.4 Å². The molecule has 0 bridgehead atoms. The van der Waals surface area contributed by atoms with Crippen molar-refractivity contribution in [1.29, 1.82) is 0 Å². The summed E-state index contributed by atoms with van der Waals surface area (Å²) in [5.41, 5.74) is 6.25. The van der Waals surface area contributed by atoms with Crippen LogP contribution in [0.4, 0.5) is 13.2 Å². The standard InChI is InChI=1S/C15H20BrF3N2O3/c16-12-5-2-1-4-11(12)13(10-23-9-6-20)24-8-3-7-21-14(22)15(17,18)19/h1-2,4-5,13H,3,6-10,20H2,(H,21,22). The van der Waals surface area contributed by atoms with Crippen molar-refractivity contribution in [3.63, 3.8) is 0 Å². The Morgan fingerprint density at radius 3 is 2.62 bits per heavy atom. The summed E-state index contributed by atoms with van der Waals surface area (Å²) in [4.78, 5) is 10.7. The predicted octanol–water partition coefficient (Wildman–Crippen LogP) is 2.55. The third-order valence-corrected chi connectivity index (χ3v) is 3.69. The van der Waals surface area contributed by atoms with E-state index in [1.165, 1.54) is 0 Å². The van der Waals surface area contributed by atoms with Crippen LogP contribution >= 0.6 is 15.9 Å². The number of hydrogen-bond donors (Lipinski definition) is 2. The van der Waals surface area contributed by atoms with Crippen molar-refractivity contribution >= 4 is 21.8 Å². The van der Waals surface area contributed by atoms with Crippen LogP contribution in [0.15, 0.2) is 28.7 Å². The average molecular weight is 413 g/mol. The normalized spacial score (nSPS) is 12.9. The molecule has 1 rings (SSSR count). The quantitative estimate of drug-likeness (QED) is 0.579. The molecule has 1 aromatic rings. The van der Waals surface area contributed by atoms with E-state index in [1.807, 2.05) is 24.3 Å². The SMILES string of the molecule is NCCOCC(OCCCNC(=O)C(F)(F)F)c1ccccc1Br. The molecule has 0 saturated heterocycles. The number of ether oxygens (including phenoxy) is 2. The first-order valence-corrected chi connectivity index (χ1v) is 8.14. The van der Waals surface area contributed by atoms with Crippen molar-refractivity contribution in [2.45, 2.75) is 18.7 Å². The van der Waals surface area contributed by atoms with Crippen molar-refractivity contribution in [1.82, 2.24) is 5.32 Å². The Morgan fingerprint density at radius 1 is 1.29 bits per heavy atom. The molecule has 0 aliphatic rings. The number of carbonyl (C=O) groups is 1. The number of nitrogens with two attached hydrogens (primary N) is 1. The van der Waals surface area contributed by atoms with E-state index in [-0.39, 0.29) is 32.3 Å². The monoisotopic (exact) mass is 412 g/mol. The first kappa shape index (κ1) is 20.9. The molecule has 0 fully saturated rings. The van der Waals surface area contributed by atoms with Crippen molar-refractivity contribution in [3.8, 4) is 0 Å². The molecular weight excluding hydrogens is 393 g/mol. The molecule has 1 amide bonds. The fourth-order valence-corrected chi connectivity index (χ4v) is 2.38. The molecule has 24 heavy (non-hydrogen) atoms. The first-order valence-electron chi connectivity index (χ1n) is 7.35. The minimum Gasteiger partial charge on any atom is -0.377 e. The van der Waals surface area contributed by atoms with E-state index in [9.17, 15) is 18.0 Å². The Hall–Kier alpha value is -1.16. The minimum atomic E-state index is -4.87. The summed E-state index contributed by atoms with van der Waals surface area (Å²) in [5.74, 6) is -1.95. The van der Waals surface area contributed by atoms with Crippen LogP contribution in [0.2, 0.25) is 0 Å². The molecule has 0 saturated carbocycles.